The second-order valence-corrected chi connectivity index (χ2v) is 17.5. The highest BCUT2D eigenvalue weighted by atomic mass is 14.4. The zero-order valence-electron chi connectivity index (χ0n) is 42.6. The summed E-state index contributed by atoms with van der Waals surface area (Å²) in [4.78, 5) is 0. The number of allylic oxidation sites excluding steroid dienone is 12. The SMILES string of the molecule is C=C/C(C)=C(/C)C(=C)c1ccccc1C1CC1.C=C/C=C\C(C)=C(/C)C(=C)/C(=C\C)C(C)CC.C=Cc1c(C)cc2c(c1C=C)-c1ccc(C)cc1C2(C)C.CC.Cc1ccccc1. The maximum Gasteiger partial charge on any atom is 0.0159 e. The van der Waals surface area contributed by atoms with E-state index in [1.54, 1.807) is 6.08 Å². The molecule has 0 aliphatic heterocycles. The Labute approximate surface area is 392 Å². The van der Waals surface area contributed by atoms with Gasteiger partial charge in [0.05, 0.1) is 0 Å². The third kappa shape index (κ3) is 13.9. The number of aryl methyl sites for hydroxylation is 3. The molecule has 0 saturated heterocycles. The second-order valence-electron chi connectivity index (χ2n) is 17.5. The first-order valence-electron chi connectivity index (χ1n) is 23.4. The largest absolute Gasteiger partial charge is 0.0991 e. The van der Waals surface area contributed by atoms with E-state index in [1.807, 2.05) is 56.4 Å². The van der Waals surface area contributed by atoms with Crippen molar-refractivity contribution in [1.29, 1.82) is 0 Å². The van der Waals surface area contributed by atoms with E-state index in [2.05, 4.69) is 195 Å². The van der Waals surface area contributed by atoms with Gasteiger partial charge in [0.15, 0.2) is 0 Å². The van der Waals surface area contributed by atoms with E-state index in [0.29, 0.717) is 5.92 Å². The van der Waals surface area contributed by atoms with Crippen LogP contribution in [0.5, 0.6) is 0 Å². The van der Waals surface area contributed by atoms with Gasteiger partial charge in [0.1, 0.15) is 0 Å². The standard InChI is InChI=1S/C21H22.C17H20.C17H26.C7H8.C2H6/c1-7-15-14(4)12-19-20(16(15)8-2)17-10-9-13(3)11-18(17)21(19,5)6;1-5-12(2)13(3)14(4)16-8-6-7-9-17(16)15-10-11-15;1-8-11-12-14(5)15(6)16(7)17(10-3)13(4)9-2;1-7-5-3-2-4-6-7;1-2/h7-12H,1-2H2,3-6H3;5-9,15H,1,4,10-11H2,2-3H3;8,10-13H,1,7,9H2,2-6H3;2-6H,1H3;1-2H3/b;13-12-;12-11-,15-14+,17-10-;;. The number of hydrogen-bond acceptors (Lipinski definition) is 0. The molecule has 1 unspecified atom stereocenters. The first-order chi connectivity index (χ1) is 30.4. The van der Waals surface area contributed by atoms with Gasteiger partial charge >= 0.3 is 0 Å². The zero-order chi connectivity index (χ0) is 48.3. The number of rotatable bonds is 12. The Bertz CT molecular complexity index is 2390. The Kier molecular flexibility index (Phi) is 22.2. The highest BCUT2D eigenvalue weighted by Gasteiger charge is 2.37. The first kappa shape index (κ1) is 54.4. The molecule has 0 spiro atoms. The molecule has 0 heterocycles. The molecular weight excluding hydrogens is 769 g/mol. The molecule has 0 bridgehead atoms. The van der Waals surface area contributed by atoms with Gasteiger partial charge in [0, 0.05) is 5.41 Å². The van der Waals surface area contributed by atoms with Gasteiger partial charge in [-0.15, -0.1) is 0 Å². The summed E-state index contributed by atoms with van der Waals surface area (Å²) in [6.07, 6.45) is 17.7. The predicted octanol–water partition coefficient (Wildman–Crippen LogP) is 19.6. The van der Waals surface area contributed by atoms with E-state index in [0.717, 1.165) is 23.5 Å². The molecule has 4 aromatic carbocycles. The fourth-order valence-corrected chi connectivity index (χ4v) is 8.08. The van der Waals surface area contributed by atoms with Crippen molar-refractivity contribution < 1.29 is 0 Å². The summed E-state index contributed by atoms with van der Waals surface area (Å²) in [7, 11) is 0. The fraction of sp³-hybridized carbons (Fsp3) is 0.312. The summed E-state index contributed by atoms with van der Waals surface area (Å²) in [6.45, 7) is 54.1. The molecule has 2 aliphatic carbocycles. The van der Waals surface area contributed by atoms with Crippen molar-refractivity contribution in [2.24, 2.45) is 5.92 Å². The van der Waals surface area contributed by atoms with Crippen molar-refractivity contribution in [2.75, 3.05) is 0 Å². The van der Waals surface area contributed by atoms with Crippen molar-refractivity contribution in [1.82, 2.24) is 0 Å². The van der Waals surface area contributed by atoms with Crippen molar-refractivity contribution in [3.63, 3.8) is 0 Å². The van der Waals surface area contributed by atoms with Crippen LogP contribution in [-0.4, -0.2) is 0 Å². The minimum atomic E-state index is 0.0406. The predicted molar refractivity (Wildman–Crippen MR) is 292 cm³/mol. The third-order valence-electron chi connectivity index (χ3n) is 12.7. The third-order valence-corrected chi connectivity index (χ3v) is 12.7. The van der Waals surface area contributed by atoms with Crippen molar-refractivity contribution in [2.45, 2.75) is 128 Å². The molecule has 6 rings (SSSR count). The molecule has 0 aromatic heterocycles. The second kappa shape index (κ2) is 26.2. The van der Waals surface area contributed by atoms with E-state index in [1.165, 1.54) is 102 Å². The summed E-state index contributed by atoms with van der Waals surface area (Å²) in [5, 5.41) is 0. The molecule has 0 heteroatoms. The lowest BCUT2D eigenvalue weighted by molar-refractivity contribution is 0.659. The Morgan fingerprint density at radius 1 is 0.734 bits per heavy atom. The average molecular weight is 851 g/mol. The molecule has 0 N–H and O–H groups in total. The lowest BCUT2D eigenvalue weighted by Crippen LogP contribution is -2.15. The van der Waals surface area contributed by atoms with Gasteiger partial charge in [-0.05, 0) is 176 Å². The van der Waals surface area contributed by atoms with E-state index in [-0.39, 0.29) is 5.41 Å². The molecule has 2 aliphatic rings. The van der Waals surface area contributed by atoms with E-state index >= 15 is 0 Å². The number of benzene rings is 4. The number of hydrogen-bond donors (Lipinski definition) is 0. The molecule has 1 atom stereocenters. The molecule has 4 aromatic rings. The normalized spacial score (nSPS) is 14.3. The minimum absolute atomic E-state index is 0.0406. The van der Waals surface area contributed by atoms with Crippen LogP contribution in [0, 0.1) is 26.7 Å². The topological polar surface area (TPSA) is 0 Å². The molecule has 64 heavy (non-hydrogen) atoms. The quantitative estimate of drug-likeness (QED) is 0.125. The molecular formula is C64H82. The van der Waals surface area contributed by atoms with Crippen LogP contribution >= 0.6 is 0 Å². The molecule has 1 saturated carbocycles. The molecule has 338 valence electrons. The van der Waals surface area contributed by atoms with Crippen LogP contribution in [0.25, 0.3) is 28.9 Å². The highest BCUT2D eigenvalue weighted by Crippen LogP contribution is 2.52. The fourth-order valence-electron chi connectivity index (χ4n) is 8.08. The van der Waals surface area contributed by atoms with Gasteiger partial charge in [0.2, 0.25) is 0 Å². The van der Waals surface area contributed by atoms with Gasteiger partial charge in [-0.3, -0.25) is 0 Å². The van der Waals surface area contributed by atoms with Gasteiger partial charge in [0.25, 0.3) is 0 Å². The van der Waals surface area contributed by atoms with Crippen molar-refractivity contribution in [3.05, 3.63) is 232 Å². The van der Waals surface area contributed by atoms with Crippen LogP contribution < -0.4 is 0 Å². The van der Waals surface area contributed by atoms with Crippen LogP contribution in [0.2, 0.25) is 0 Å². The highest BCUT2D eigenvalue weighted by molar-refractivity contribution is 5.91. The average Bonchev–Trinajstić information content (AvgIpc) is 4.14. The van der Waals surface area contributed by atoms with E-state index in [4.69, 9.17) is 0 Å². The van der Waals surface area contributed by atoms with E-state index < -0.39 is 0 Å². The molecule has 0 amide bonds. The van der Waals surface area contributed by atoms with Crippen LogP contribution in [0.4, 0.5) is 0 Å². The summed E-state index contributed by atoms with van der Waals surface area (Å²) >= 11 is 0. The lowest BCUT2D eigenvalue weighted by atomic mass is 9.80. The monoisotopic (exact) mass is 851 g/mol. The summed E-state index contributed by atoms with van der Waals surface area (Å²) in [6, 6.07) is 28.0. The van der Waals surface area contributed by atoms with Gasteiger partial charge < -0.3 is 0 Å². The number of fused-ring (bicyclic) bond motifs is 3. The van der Waals surface area contributed by atoms with Gasteiger partial charge in [-0.25, -0.2) is 0 Å². The van der Waals surface area contributed by atoms with Crippen molar-refractivity contribution >= 4 is 17.7 Å². The summed E-state index contributed by atoms with van der Waals surface area (Å²) in [5.41, 5.74) is 23.3. The van der Waals surface area contributed by atoms with Gasteiger partial charge in [-0.2, -0.15) is 0 Å². The van der Waals surface area contributed by atoms with Crippen LogP contribution in [0.3, 0.4) is 0 Å². The van der Waals surface area contributed by atoms with Crippen LogP contribution in [0.1, 0.15) is 151 Å². The maximum atomic E-state index is 4.26. The van der Waals surface area contributed by atoms with Crippen LogP contribution in [-0.2, 0) is 5.41 Å². The Morgan fingerprint density at radius 2 is 1.33 bits per heavy atom. The molecule has 1 fully saturated rings. The maximum absolute atomic E-state index is 4.26. The first-order valence-corrected chi connectivity index (χ1v) is 23.4. The smallest absolute Gasteiger partial charge is 0.0159 e. The Balaban J connectivity index is 0.000000303. The lowest BCUT2D eigenvalue weighted by Gasteiger charge is -2.23. The molecule has 0 nitrogen and oxygen atoms in total. The van der Waals surface area contributed by atoms with Crippen LogP contribution in [0.15, 0.2) is 182 Å². The summed E-state index contributed by atoms with van der Waals surface area (Å²) < 4.78 is 0. The Hall–Kier alpha value is -5.72. The van der Waals surface area contributed by atoms with E-state index in [9.17, 15) is 0 Å². The van der Waals surface area contributed by atoms with Gasteiger partial charge in [-0.1, -0.05) is 214 Å². The molecule has 0 radical (unpaired) electrons. The van der Waals surface area contributed by atoms with Crippen molar-refractivity contribution in [3.8, 4) is 11.1 Å². The minimum Gasteiger partial charge on any atom is -0.0991 e. The zero-order valence-corrected chi connectivity index (χ0v) is 42.6. The Morgan fingerprint density at radius 3 is 1.83 bits per heavy atom. The summed E-state index contributed by atoms with van der Waals surface area (Å²) in [5.74, 6) is 1.33.